The molecular weight excluding hydrogens is 319 g/mol. The van der Waals surface area contributed by atoms with Gasteiger partial charge in [-0.2, -0.15) is 4.98 Å². The fourth-order valence-electron chi connectivity index (χ4n) is 2.85. The molecule has 0 aliphatic heterocycles. The van der Waals surface area contributed by atoms with Crippen LogP contribution >= 0.6 is 0 Å². The number of pyridine rings is 2. The standard InChI is InChI=1S/C17H15BN4O3/c1-25-15-7-6-13-16-14(8-19-17(13)21-15)20-10-22(16)9-11-2-4-12(5-3-11)18(23)24/h2-8,10,23-24H,9H2,1H3. The van der Waals surface area contributed by atoms with Crippen LogP contribution in [0.4, 0.5) is 0 Å². The quantitative estimate of drug-likeness (QED) is 0.534. The summed E-state index contributed by atoms with van der Waals surface area (Å²) in [4.78, 5) is 13.1. The number of rotatable bonds is 4. The third-order valence-electron chi connectivity index (χ3n) is 4.12. The van der Waals surface area contributed by atoms with Crippen LogP contribution in [-0.2, 0) is 6.54 Å². The average molecular weight is 334 g/mol. The zero-order valence-electron chi connectivity index (χ0n) is 13.5. The van der Waals surface area contributed by atoms with Crippen molar-refractivity contribution in [3.05, 3.63) is 54.5 Å². The van der Waals surface area contributed by atoms with Crippen LogP contribution in [0, 0.1) is 0 Å². The van der Waals surface area contributed by atoms with Crippen LogP contribution in [0.5, 0.6) is 5.88 Å². The molecule has 0 radical (unpaired) electrons. The normalized spacial score (nSPS) is 11.2. The third kappa shape index (κ3) is 2.81. The van der Waals surface area contributed by atoms with Crippen molar-refractivity contribution in [1.29, 1.82) is 0 Å². The van der Waals surface area contributed by atoms with Crippen LogP contribution in [0.15, 0.2) is 48.9 Å². The number of fused-ring (bicyclic) bond motifs is 3. The first kappa shape index (κ1) is 15.6. The Balaban J connectivity index is 1.77. The first-order valence-electron chi connectivity index (χ1n) is 7.75. The van der Waals surface area contributed by atoms with Gasteiger partial charge in [-0.3, -0.25) is 0 Å². The monoisotopic (exact) mass is 334 g/mol. The molecule has 4 rings (SSSR count). The van der Waals surface area contributed by atoms with Crippen molar-refractivity contribution in [1.82, 2.24) is 19.5 Å². The van der Waals surface area contributed by atoms with Crippen LogP contribution in [0.3, 0.4) is 0 Å². The van der Waals surface area contributed by atoms with Crippen molar-refractivity contribution in [3.8, 4) is 5.88 Å². The number of methoxy groups -OCH3 is 1. The molecule has 0 fully saturated rings. The first-order valence-corrected chi connectivity index (χ1v) is 7.75. The van der Waals surface area contributed by atoms with Gasteiger partial charge in [0, 0.05) is 18.0 Å². The molecule has 3 heterocycles. The molecule has 0 aliphatic rings. The van der Waals surface area contributed by atoms with E-state index in [0.29, 0.717) is 23.5 Å². The van der Waals surface area contributed by atoms with E-state index in [0.717, 1.165) is 22.0 Å². The molecule has 8 heteroatoms. The molecular formula is C17H15BN4O3. The topological polar surface area (TPSA) is 93.3 Å². The lowest BCUT2D eigenvalue weighted by Crippen LogP contribution is -2.29. The lowest BCUT2D eigenvalue weighted by atomic mass is 9.80. The second-order valence-electron chi connectivity index (χ2n) is 5.70. The fourth-order valence-corrected chi connectivity index (χ4v) is 2.85. The zero-order chi connectivity index (χ0) is 17.4. The van der Waals surface area contributed by atoms with E-state index in [2.05, 4.69) is 15.0 Å². The largest absolute Gasteiger partial charge is 0.488 e. The van der Waals surface area contributed by atoms with Gasteiger partial charge in [-0.15, -0.1) is 0 Å². The summed E-state index contributed by atoms with van der Waals surface area (Å²) in [6, 6.07) is 10.9. The molecule has 0 bridgehead atoms. The van der Waals surface area contributed by atoms with Gasteiger partial charge in [-0.25, -0.2) is 9.97 Å². The van der Waals surface area contributed by atoms with E-state index >= 15 is 0 Å². The highest BCUT2D eigenvalue weighted by Crippen LogP contribution is 2.24. The van der Waals surface area contributed by atoms with Gasteiger partial charge in [-0.1, -0.05) is 24.3 Å². The summed E-state index contributed by atoms with van der Waals surface area (Å²) in [6.45, 7) is 0.601. The first-order chi connectivity index (χ1) is 12.2. The molecule has 2 N–H and O–H groups in total. The molecule has 0 saturated carbocycles. The van der Waals surface area contributed by atoms with Gasteiger partial charge in [0.25, 0.3) is 0 Å². The van der Waals surface area contributed by atoms with E-state index in [1.807, 2.05) is 22.8 Å². The maximum atomic E-state index is 9.19. The van der Waals surface area contributed by atoms with Crippen molar-refractivity contribution < 1.29 is 14.8 Å². The molecule has 0 atom stereocenters. The highest BCUT2D eigenvalue weighted by atomic mass is 16.5. The molecule has 0 spiro atoms. The Hall–Kier alpha value is -2.97. The third-order valence-corrected chi connectivity index (χ3v) is 4.12. The number of nitrogens with zero attached hydrogens (tertiary/aromatic N) is 4. The van der Waals surface area contributed by atoms with Crippen molar-refractivity contribution in [2.45, 2.75) is 6.54 Å². The minimum Gasteiger partial charge on any atom is -0.481 e. The Kier molecular flexibility index (Phi) is 3.83. The van der Waals surface area contributed by atoms with Crippen LogP contribution in [-0.4, -0.2) is 43.8 Å². The molecule has 0 amide bonds. The van der Waals surface area contributed by atoms with Crippen LogP contribution < -0.4 is 10.2 Å². The van der Waals surface area contributed by atoms with E-state index in [1.165, 1.54) is 0 Å². The summed E-state index contributed by atoms with van der Waals surface area (Å²) in [6.07, 6.45) is 3.47. The van der Waals surface area contributed by atoms with Crippen molar-refractivity contribution >= 4 is 34.6 Å². The van der Waals surface area contributed by atoms with Crippen molar-refractivity contribution in [2.75, 3.05) is 7.11 Å². The van der Waals surface area contributed by atoms with E-state index in [1.54, 1.807) is 37.8 Å². The summed E-state index contributed by atoms with van der Waals surface area (Å²) < 4.78 is 7.18. The zero-order valence-corrected chi connectivity index (χ0v) is 13.5. The van der Waals surface area contributed by atoms with Gasteiger partial charge in [0.05, 0.1) is 25.2 Å². The van der Waals surface area contributed by atoms with Gasteiger partial charge >= 0.3 is 7.12 Å². The summed E-state index contributed by atoms with van der Waals surface area (Å²) in [5, 5.41) is 19.3. The molecule has 7 nitrogen and oxygen atoms in total. The molecule has 0 saturated heterocycles. The molecule has 4 aromatic rings. The second-order valence-corrected chi connectivity index (χ2v) is 5.70. The van der Waals surface area contributed by atoms with Crippen molar-refractivity contribution in [2.24, 2.45) is 0 Å². The number of hydrogen-bond donors (Lipinski definition) is 2. The molecule has 25 heavy (non-hydrogen) atoms. The summed E-state index contributed by atoms with van der Waals surface area (Å²) in [5.41, 5.74) is 3.83. The van der Waals surface area contributed by atoms with Crippen LogP contribution in [0.1, 0.15) is 5.56 Å². The summed E-state index contributed by atoms with van der Waals surface area (Å²) in [5.74, 6) is 0.517. The smallest absolute Gasteiger partial charge is 0.481 e. The van der Waals surface area contributed by atoms with E-state index in [9.17, 15) is 10.0 Å². The number of hydrogen-bond acceptors (Lipinski definition) is 6. The SMILES string of the molecule is COc1ccc2c(ncc3ncn(Cc4ccc(B(O)O)cc4)c32)n1. The predicted octanol–water partition coefficient (Wildman–Crippen LogP) is 0.716. The average Bonchev–Trinajstić information content (AvgIpc) is 3.05. The number of aromatic nitrogens is 4. The maximum absolute atomic E-state index is 9.19. The van der Waals surface area contributed by atoms with Gasteiger partial charge < -0.3 is 19.4 Å². The van der Waals surface area contributed by atoms with Gasteiger partial charge in [-0.05, 0) is 17.1 Å². The molecule has 3 aromatic heterocycles. The van der Waals surface area contributed by atoms with Gasteiger partial charge in [0.15, 0.2) is 5.65 Å². The molecule has 0 aliphatic carbocycles. The van der Waals surface area contributed by atoms with Crippen LogP contribution in [0.25, 0.3) is 22.1 Å². The Morgan fingerprint density at radius 2 is 1.88 bits per heavy atom. The summed E-state index contributed by atoms with van der Waals surface area (Å²) >= 11 is 0. The number of imidazole rings is 1. The predicted molar refractivity (Wildman–Crippen MR) is 94.8 cm³/mol. The Labute approximate surface area is 143 Å². The molecule has 124 valence electrons. The molecule has 1 aromatic carbocycles. The lowest BCUT2D eigenvalue weighted by Gasteiger charge is -2.08. The van der Waals surface area contributed by atoms with E-state index in [4.69, 9.17) is 4.74 Å². The number of benzene rings is 1. The van der Waals surface area contributed by atoms with E-state index < -0.39 is 7.12 Å². The second kappa shape index (κ2) is 6.16. The Morgan fingerprint density at radius 3 is 2.60 bits per heavy atom. The van der Waals surface area contributed by atoms with E-state index in [-0.39, 0.29) is 0 Å². The van der Waals surface area contributed by atoms with Crippen LogP contribution in [0.2, 0.25) is 0 Å². The molecule has 0 unspecified atom stereocenters. The van der Waals surface area contributed by atoms with Crippen molar-refractivity contribution in [3.63, 3.8) is 0 Å². The summed E-state index contributed by atoms with van der Waals surface area (Å²) in [7, 11) is 0.114. The maximum Gasteiger partial charge on any atom is 0.488 e. The highest BCUT2D eigenvalue weighted by molar-refractivity contribution is 6.58. The minimum atomic E-state index is -1.46. The number of ether oxygens (including phenoxy) is 1. The lowest BCUT2D eigenvalue weighted by molar-refractivity contribution is 0.399. The minimum absolute atomic E-state index is 0.463. The Morgan fingerprint density at radius 1 is 1.08 bits per heavy atom. The highest BCUT2D eigenvalue weighted by Gasteiger charge is 2.12. The Bertz CT molecular complexity index is 1050. The fraction of sp³-hybridized carbons (Fsp3) is 0.118. The van der Waals surface area contributed by atoms with Gasteiger partial charge in [0.1, 0.15) is 5.52 Å². The van der Waals surface area contributed by atoms with Gasteiger partial charge in [0.2, 0.25) is 5.88 Å².